The van der Waals surface area contributed by atoms with Crippen molar-refractivity contribution in [3.8, 4) is 33.6 Å². The van der Waals surface area contributed by atoms with Crippen LogP contribution in [0.3, 0.4) is 0 Å². The second-order valence-corrected chi connectivity index (χ2v) is 13.2. The van der Waals surface area contributed by atoms with E-state index in [4.69, 9.17) is 4.98 Å². The molecule has 0 spiro atoms. The molecule has 0 atom stereocenters. The largest absolute Gasteiger partial charge is 0.354 e. The highest BCUT2D eigenvalue weighted by atomic mass is 15.0. The van der Waals surface area contributed by atoms with Crippen LogP contribution in [0.4, 0.5) is 0 Å². The predicted octanol–water partition coefficient (Wildman–Crippen LogP) is 12.4. The Kier molecular flexibility index (Phi) is 6.63. The molecule has 0 aliphatic heterocycles. The van der Waals surface area contributed by atoms with Crippen molar-refractivity contribution in [2.24, 2.45) is 0 Å². The van der Waals surface area contributed by atoms with Gasteiger partial charge in [-0.3, -0.25) is 4.40 Å². The summed E-state index contributed by atoms with van der Waals surface area (Å²) in [7, 11) is 0. The van der Waals surface area contributed by atoms with Crippen LogP contribution < -0.4 is 0 Å². The van der Waals surface area contributed by atoms with Crippen LogP contribution in [0.5, 0.6) is 0 Å². The van der Waals surface area contributed by atoms with Gasteiger partial charge in [-0.05, 0) is 92.6 Å². The maximum Gasteiger partial charge on any atom is 0.137 e. The lowest BCUT2D eigenvalue weighted by molar-refractivity contribution is 1.06. The van der Waals surface area contributed by atoms with Crippen LogP contribution in [0.1, 0.15) is 24.1 Å². The fourth-order valence-corrected chi connectivity index (χ4v) is 7.85. The molecule has 3 heterocycles. The molecule has 0 radical (unpaired) electrons. The third-order valence-corrected chi connectivity index (χ3v) is 10.3. The lowest BCUT2D eigenvalue weighted by Gasteiger charge is -2.16. The Morgan fingerprint density at radius 2 is 1.16 bits per heavy atom. The quantitative estimate of drug-likeness (QED) is 0.187. The highest BCUT2D eigenvalue weighted by Crippen LogP contribution is 2.42. The Balaban J connectivity index is 1.06. The van der Waals surface area contributed by atoms with Crippen molar-refractivity contribution in [2.45, 2.75) is 12.8 Å². The number of nitrogens with zero attached hydrogens (tertiary/aromatic N) is 2. The minimum Gasteiger partial charge on any atom is -0.354 e. The molecule has 1 N–H and O–H groups in total. The van der Waals surface area contributed by atoms with Crippen molar-refractivity contribution < 1.29 is 0 Å². The number of nitrogens with one attached hydrogen (secondary N) is 1. The molecule has 1 aliphatic rings. The molecule has 10 rings (SSSR count). The maximum absolute atomic E-state index is 5.11. The van der Waals surface area contributed by atoms with Gasteiger partial charge in [-0.1, -0.05) is 133 Å². The summed E-state index contributed by atoms with van der Waals surface area (Å²) in [5, 5.41) is 6.30. The number of fused-ring (bicyclic) bond motifs is 5. The molecule has 0 saturated carbocycles. The summed E-state index contributed by atoms with van der Waals surface area (Å²) in [4.78, 5) is 8.90. The summed E-state index contributed by atoms with van der Waals surface area (Å²) in [6.07, 6.45) is 8.63. The zero-order chi connectivity index (χ0) is 33.0. The van der Waals surface area contributed by atoms with Gasteiger partial charge in [0, 0.05) is 28.2 Å². The zero-order valence-corrected chi connectivity index (χ0v) is 27.5. The molecule has 0 fully saturated rings. The van der Waals surface area contributed by atoms with E-state index in [1.54, 1.807) is 0 Å². The topological polar surface area (TPSA) is 33.1 Å². The zero-order valence-electron chi connectivity index (χ0n) is 27.5. The number of benzene rings is 6. The first-order chi connectivity index (χ1) is 24.8. The minimum absolute atomic E-state index is 0.947. The van der Waals surface area contributed by atoms with Gasteiger partial charge in [0.05, 0.1) is 17.1 Å². The molecular formula is C47H33N3. The van der Waals surface area contributed by atoms with E-state index in [9.17, 15) is 0 Å². The van der Waals surface area contributed by atoms with E-state index in [1.807, 2.05) is 0 Å². The van der Waals surface area contributed by atoms with E-state index in [-0.39, 0.29) is 0 Å². The lowest BCUT2D eigenvalue weighted by atomic mass is 9.89. The van der Waals surface area contributed by atoms with Crippen molar-refractivity contribution in [2.75, 3.05) is 0 Å². The fraction of sp³-hybridized carbons (Fsp3) is 0.0426. The number of allylic oxidation sites excluding steroid dienone is 4. The highest BCUT2D eigenvalue weighted by Gasteiger charge is 2.20. The van der Waals surface area contributed by atoms with Gasteiger partial charge in [-0.25, -0.2) is 4.98 Å². The standard InChI is InChI=1S/C47H33N3/c1-4-12-32(13-5-1)44-41-30-40-38(29-42(41)48-45(44)33-14-6-2-7-15-33)24-23-37-28-36(25-26-39(37)40)31-19-21-34(22-20-31)46-47(35-16-8-3-9-17-35)50-27-11-10-18-43(50)49-46/h1-19,21,23-30,48H,20,22H2. The first-order valence-corrected chi connectivity index (χ1v) is 17.3. The van der Waals surface area contributed by atoms with Gasteiger partial charge in [0.2, 0.25) is 0 Å². The van der Waals surface area contributed by atoms with Crippen LogP contribution in [-0.2, 0) is 0 Å². The average molecular weight is 640 g/mol. The van der Waals surface area contributed by atoms with Gasteiger partial charge < -0.3 is 4.98 Å². The van der Waals surface area contributed by atoms with Gasteiger partial charge in [-0.2, -0.15) is 0 Å². The molecular weight excluding hydrogens is 607 g/mol. The molecule has 3 nitrogen and oxygen atoms in total. The van der Waals surface area contributed by atoms with Crippen LogP contribution in [-0.4, -0.2) is 14.4 Å². The molecule has 0 amide bonds. The van der Waals surface area contributed by atoms with E-state index in [0.29, 0.717) is 0 Å². The van der Waals surface area contributed by atoms with Gasteiger partial charge in [0.25, 0.3) is 0 Å². The molecule has 1 aliphatic carbocycles. The predicted molar refractivity (Wildman–Crippen MR) is 210 cm³/mol. The summed E-state index contributed by atoms with van der Waals surface area (Å²) >= 11 is 0. The van der Waals surface area contributed by atoms with Crippen molar-refractivity contribution in [3.63, 3.8) is 0 Å². The van der Waals surface area contributed by atoms with Crippen LogP contribution in [0.15, 0.2) is 170 Å². The Morgan fingerprint density at radius 1 is 0.500 bits per heavy atom. The highest BCUT2D eigenvalue weighted by molar-refractivity contribution is 6.16. The Hall–Kier alpha value is -6.45. The summed E-state index contributed by atoms with van der Waals surface area (Å²) in [5.41, 5.74) is 14.3. The van der Waals surface area contributed by atoms with Gasteiger partial charge >= 0.3 is 0 Å². The normalized spacial score (nSPS) is 13.3. The number of imidazole rings is 1. The Bertz CT molecular complexity index is 2780. The number of pyridine rings is 1. The monoisotopic (exact) mass is 639 g/mol. The second-order valence-electron chi connectivity index (χ2n) is 13.2. The molecule has 0 bridgehead atoms. The van der Waals surface area contributed by atoms with Gasteiger partial charge in [0.1, 0.15) is 5.65 Å². The third kappa shape index (κ3) is 4.70. The molecule has 236 valence electrons. The number of aromatic amines is 1. The first-order valence-electron chi connectivity index (χ1n) is 17.3. The maximum atomic E-state index is 5.11. The first kappa shape index (κ1) is 28.6. The molecule has 3 aromatic heterocycles. The van der Waals surface area contributed by atoms with Crippen LogP contribution in [0, 0.1) is 0 Å². The van der Waals surface area contributed by atoms with Crippen LogP contribution in [0.25, 0.3) is 82.9 Å². The van der Waals surface area contributed by atoms with Crippen LogP contribution >= 0.6 is 0 Å². The Labute approximate surface area is 290 Å². The number of rotatable bonds is 5. The molecule has 0 unspecified atom stereocenters. The lowest BCUT2D eigenvalue weighted by Crippen LogP contribution is -1.97. The summed E-state index contributed by atoms with van der Waals surface area (Å²) in [5.74, 6) is 0. The van der Waals surface area contributed by atoms with E-state index >= 15 is 0 Å². The smallest absolute Gasteiger partial charge is 0.137 e. The van der Waals surface area contributed by atoms with E-state index in [0.717, 1.165) is 41.1 Å². The third-order valence-electron chi connectivity index (χ3n) is 10.3. The number of H-pyrrole nitrogens is 1. The molecule has 50 heavy (non-hydrogen) atoms. The van der Waals surface area contributed by atoms with E-state index in [2.05, 4.69) is 179 Å². The van der Waals surface area contributed by atoms with Crippen molar-refractivity contribution in [3.05, 3.63) is 181 Å². The minimum atomic E-state index is 0.947. The number of aromatic nitrogens is 3. The van der Waals surface area contributed by atoms with E-state index in [1.165, 1.54) is 65.9 Å². The van der Waals surface area contributed by atoms with Crippen molar-refractivity contribution in [1.82, 2.24) is 14.4 Å². The van der Waals surface area contributed by atoms with Gasteiger partial charge in [0.15, 0.2) is 0 Å². The molecule has 6 aromatic carbocycles. The van der Waals surface area contributed by atoms with Crippen molar-refractivity contribution >= 4 is 49.2 Å². The molecule has 9 aromatic rings. The number of hydrogen-bond acceptors (Lipinski definition) is 1. The van der Waals surface area contributed by atoms with E-state index < -0.39 is 0 Å². The summed E-state index contributed by atoms with van der Waals surface area (Å²) in [6, 6.07) is 54.5. The fourth-order valence-electron chi connectivity index (χ4n) is 7.85. The SMILES string of the molecule is C1=C(c2ccc3c(ccc4cc5[nH]c(-c6ccccc6)c(-c6ccccc6)c5cc43)c2)CCC(c2nc3ccccn3c2-c2ccccc2)=C1. The molecule has 0 saturated heterocycles. The summed E-state index contributed by atoms with van der Waals surface area (Å²) < 4.78 is 2.21. The Morgan fingerprint density at radius 3 is 1.90 bits per heavy atom. The average Bonchev–Trinajstić information content (AvgIpc) is 3.77. The number of hydrogen-bond donors (Lipinski definition) is 1. The molecule has 3 heteroatoms. The second kappa shape index (κ2) is 11.6. The van der Waals surface area contributed by atoms with Gasteiger partial charge in [-0.15, -0.1) is 0 Å². The van der Waals surface area contributed by atoms with Crippen LogP contribution in [0.2, 0.25) is 0 Å². The van der Waals surface area contributed by atoms with Crippen molar-refractivity contribution in [1.29, 1.82) is 0 Å². The summed E-state index contributed by atoms with van der Waals surface area (Å²) in [6.45, 7) is 0.